The van der Waals surface area contributed by atoms with Gasteiger partial charge in [-0.2, -0.15) is 0 Å². The number of nitrogens with one attached hydrogen (secondary N) is 1. The zero-order chi connectivity index (χ0) is 9.72. The molecular formula is C7H15N3OS. The van der Waals surface area contributed by atoms with Gasteiger partial charge in [-0.15, -0.1) is 0 Å². The van der Waals surface area contributed by atoms with Gasteiger partial charge in [0.15, 0.2) is 0 Å². The summed E-state index contributed by atoms with van der Waals surface area (Å²) in [5, 5.41) is 2.65. The van der Waals surface area contributed by atoms with Crippen LogP contribution in [0.4, 0.5) is 4.79 Å². The second-order valence-corrected chi connectivity index (χ2v) is 3.06. The number of rotatable bonds is 3. The molecule has 0 spiro atoms. The molecule has 5 heteroatoms. The van der Waals surface area contributed by atoms with E-state index in [0.717, 1.165) is 0 Å². The van der Waals surface area contributed by atoms with Crippen molar-refractivity contribution in [3.05, 3.63) is 0 Å². The largest absolute Gasteiger partial charge is 0.392 e. The smallest absolute Gasteiger partial charge is 0.317 e. The van der Waals surface area contributed by atoms with Gasteiger partial charge in [-0.25, -0.2) is 4.79 Å². The molecule has 0 aromatic rings. The Labute approximate surface area is 78.1 Å². The summed E-state index contributed by atoms with van der Waals surface area (Å²) in [6.45, 7) is 4.31. The minimum absolute atomic E-state index is 0.155. The Hall–Kier alpha value is -0.840. The van der Waals surface area contributed by atoms with E-state index in [9.17, 15) is 4.79 Å². The highest BCUT2D eigenvalue weighted by molar-refractivity contribution is 7.80. The molecule has 4 nitrogen and oxygen atoms in total. The number of hydrogen-bond acceptors (Lipinski definition) is 2. The summed E-state index contributed by atoms with van der Waals surface area (Å²) in [5.74, 6) is 0. The molecule has 70 valence electrons. The molecule has 0 saturated heterocycles. The van der Waals surface area contributed by atoms with E-state index in [4.69, 9.17) is 18.0 Å². The molecule has 0 aromatic heterocycles. The van der Waals surface area contributed by atoms with Crippen LogP contribution < -0.4 is 11.1 Å². The van der Waals surface area contributed by atoms with Crippen molar-refractivity contribution in [2.24, 2.45) is 5.73 Å². The van der Waals surface area contributed by atoms with Gasteiger partial charge in [-0.3, -0.25) is 0 Å². The number of thiocarbonyl (C=S) groups is 1. The lowest BCUT2D eigenvalue weighted by atomic mass is 10.3. The third-order valence-electron chi connectivity index (χ3n) is 1.59. The van der Waals surface area contributed by atoms with E-state index < -0.39 is 0 Å². The van der Waals surface area contributed by atoms with Crippen molar-refractivity contribution in [3.63, 3.8) is 0 Å². The maximum Gasteiger partial charge on any atom is 0.317 e. The fourth-order valence-corrected chi connectivity index (χ4v) is 0.569. The van der Waals surface area contributed by atoms with Gasteiger partial charge in [0.25, 0.3) is 0 Å². The molecule has 0 aliphatic carbocycles. The van der Waals surface area contributed by atoms with Crippen LogP contribution in [0.2, 0.25) is 0 Å². The molecule has 0 heterocycles. The van der Waals surface area contributed by atoms with Crippen molar-refractivity contribution in [3.8, 4) is 0 Å². The van der Waals surface area contributed by atoms with Crippen LogP contribution in [0.3, 0.4) is 0 Å². The second-order valence-electron chi connectivity index (χ2n) is 2.59. The van der Waals surface area contributed by atoms with Crippen LogP contribution in [0.15, 0.2) is 0 Å². The SMILES string of the molecule is CCN(C)C(=O)NC(C)C(N)=S. The quantitative estimate of drug-likeness (QED) is 0.629. The van der Waals surface area contributed by atoms with Crippen LogP contribution in [-0.4, -0.2) is 35.6 Å². The minimum atomic E-state index is -0.249. The molecule has 0 aliphatic rings. The highest BCUT2D eigenvalue weighted by Gasteiger charge is 2.11. The first kappa shape index (κ1) is 11.2. The predicted octanol–water partition coefficient (Wildman–Crippen LogP) is 0.322. The molecule has 1 unspecified atom stereocenters. The maximum absolute atomic E-state index is 11.2. The van der Waals surface area contributed by atoms with E-state index in [0.29, 0.717) is 11.5 Å². The summed E-state index contributed by atoms with van der Waals surface area (Å²) in [4.78, 5) is 13.0. The monoisotopic (exact) mass is 189 g/mol. The van der Waals surface area contributed by atoms with Gasteiger partial charge in [0.2, 0.25) is 0 Å². The van der Waals surface area contributed by atoms with Gasteiger partial charge in [0.05, 0.1) is 11.0 Å². The summed E-state index contributed by atoms with van der Waals surface area (Å²) in [6.07, 6.45) is 0. The van der Waals surface area contributed by atoms with Crippen molar-refractivity contribution < 1.29 is 4.79 Å². The molecule has 12 heavy (non-hydrogen) atoms. The molecule has 0 aromatic carbocycles. The normalized spacial score (nSPS) is 11.9. The van der Waals surface area contributed by atoms with E-state index in [1.54, 1.807) is 18.9 Å². The lowest BCUT2D eigenvalue weighted by Crippen LogP contribution is -2.46. The Bertz CT molecular complexity index is 183. The van der Waals surface area contributed by atoms with E-state index in [1.807, 2.05) is 6.92 Å². The van der Waals surface area contributed by atoms with Crippen molar-refractivity contribution in [2.45, 2.75) is 19.9 Å². The van der Waals surface area contributed by atoms with E-state index in [1.165, 1.54) is 0 Å². The summed E-state index contributed by atoms with van der Waals surface area (Å²) in [5.41, 5.74) is 5.32. The third-order valence-corrected chi connectivity index (χ3v) is 1.94. The molecule has 0 fully saturated rings. The van der Waals surface area contributed by atoms with Crippen molar-refractivity contribution in [2.75, 3.05) is 13.6 Å². The summed E-state index contributed by atoms with van der Waals surface area (Å²) < 4.78 is 0. The first-order valence-electron chi connectivity index (χ1n) is 3.80. The van der Waals surface area contributed by atoms with E-state index >= 15 is 0 Å². The number of hydrogen-bond donors (Lipinski definition) is 2. The Morgan fingerprint density at radius 1 is 1.75 bits per heavy atom. The van der Waals surface area contributed by atoms with Gasteiger partial charge in [0, 0.05) is 13.6 Å². The maximum atomic E-state index is 11.2. The summed E-state index contributed by atoms with van der Waals surface area (Å²) in [6, 6.07) is -0.403. The fraction of sp³-hybridized carbons (Fsp3) is 0.714. The van der Waals surface area contributed by atoms with Crippen molar-refractivity contribution in [1.29, 1.82) is 0 Å². The van der Waals surface area contributed by atoms with Gasteiger partial charge >= 0.3 is 6.03 Å². The molecule has 1 atom stereocenters. The first-order chi connectivity index (χ1) is 5.49. The van der Waals surface area contributed by atoms with Crippen LogP contribution >= 0.6 is 12.2 Å². The molecular weight excluding hydrogens is 174 g/mol. The summed E-state index contributed by atoms with van der Waals surface area (Å²) in [7, 11) is 1.71. The fourth-order valence-electron chi connectivity index (χ4n) is 0.510. The standard InChI is InChI=1S/C7H15N3OS/c1-4-10(3)7(11)9-5(2)6(8)12/h5H,4H2,1-3H3,(H2,8,12)(H,9,11). The average Bonchev–Trinajstić information content (AvgIpc) is 2.02. The molecule has 0 radical (unpaired) electrons. The van der Waals surface area contributed by atoms with Crippen LogP contribution in [0.5, 0.6) is 0 Å². The molecule has 0 rings (SSSR count). The number of carbonyl (C=O) groups is 1. The highest BCUT2D eigenvalue weighted by atomic mass is 32.1. The molecule has 0 aliphatic heterocycles. The number of urea groups is 1. The molecule has 0 bridgehead atoms. The zero-order valence-electron chi connectivity index (χ0n) is 7.63. The number of amides is 2. The average molecular weight is 189 g/mol. The number of carbonyl (C=O) groups excluding carboxylic acids is 1. The summed E-state index contributed by atoms with van der Waals surface area (Å²) >= 11 is 4.70. The van der Waals surface area contributed by atoms with Gasteiger partial charge in [-0.1, -0.05) is 12.2 Å². The molecule has 2 amide bonds. The predicted molar refractivity (Wildman–Crippen MR) is 53.1 cm³/mol. The van der Waals surface area contributed by atoms with Gasteiger partial charge in [0.1, 0.15) is 0 Å². The van der Waals surface area contributed by atoms with Crippen LogP contribution in [0, 0.1) is 0 Å². The molecule has 0 saturated carbocycles. The van der Waals surface area contributed by atoms with Gasteiger partial charge < -0.3 is 16.0 Å². The van der Waals surface area contributed by atoms with Gasteiger partial charge in [-0.05, 0) is 13.8 Å². The topological polar surface area (TPSA) is 58.4 Å². The van der Waals surface area contributed by atoms with E-state index in [-0.39, 0.29) is 12.1 Å². The third kappa shape index (κ3) is 3.52. The Morgan fingerprint density at radius 2 is 2.25 bits per heavy atom. The van der Waals surface area contributed by atoms with Crippen LogP contribution in [0.1, 0.15) is 13.8 Å². The lowest BCUT2D eigenvalue weighted by Gasteiger charge is -2.18. The zero-order valence-corrected chi connectivity index (χ0v) is 8.44. The van der Waals surface area contributed by atoms with Crippen molar-refractivity contribution in [1.82, 2.24) is 10.2 Å². The second kappa shape index (κ2) is 4.92. The van der Waals surface area contributed by atoms with Crippen molar-refractivity contribution >= 4 is 23.2 Å². The Balaban J connectivity index is 3.92. The van der Waals surface area contributed by atoms with E-state index in [2.05, 4.69) is 5.32 Å². The van der Waals surface area contributed by atoms with Crippen LogP contribution in [0.25, 0.3) is 0 Å². The first-order valence-corrected chi connectivity index (χ1v) is 4.20. The minimum Gasteiger partial charge on any atom is -0.392 e. The lowest BCUT2D eigenvalue weighted by molar-refractivity contribution is 0.210. The Morgan fingerprint density at radius 3 is 2.58 bits per heavy atom. The number of nitrogens with two attached hydrogens (primary N) is 1. The molecule has 3 N–H and O–H groups in total. The van der Waals surface area contributed by atoms with Crippen LogP contribution in [-0.2, 0) is 0 Å². The highest BCUT2D eigenvalue weighted by Crippen LogP contribution is 1.87. The number of nitrogens with zero attached hydrogens (tertiary/aromatic N) is 1. The Kier molecular flexibility index (Phi) is 4.58.